The van der Waals surface area contributed by atoms with Gasteiger partial charge in [0, 0.05) is 10.0 Å². The number of ether oxygens (including phenoxy) is 1. The Bertz CT molecular complexity index is 1190. The van der Waals surface area contributed by atoms with E-state index >= 15 is 0 Å². The maximum absolute atomic E-state index is 12.5. The summed E-state index contributed by atoms with van der Waals surface area (Å²) < 4.78 is 7.97. The average molecular weight is 422 g/mol. The number of hydrogen-bond donors (Lipinski definition) is 1. The molecule has 2 N–H and O–H groups in total. The predicted molar refractivity (Wildman–Crippen MR) is 110 cm³/mol. The van der Waals surface area contributed by atoms with Gasteiger partial charge in [0.1, 0.15) is 12.4 Å². The SMILES string of the molecule is Nn1c(-c2cccc(OCc3cccc(Br)c3)c2)nc2ccccc2c1=O. The third-order valence-electron chi connectivity index (χ3n) is 4.19. The third kappa shape index (κ3) is 3.57. The fraction of sp³-hybridized carbons (Fsp3) is 0.0476. The van der Waals surface area contributed by atoms with Crippen molar-refractivity contribution in [3.8, 4) is 17.1 Å². The van der Waals surface area contributed by atoms with Crippen LogP contribution in [-0.4, -0.2) is 9.66 Å². The van der Waals surface area contributed by atoms with Crippen LogP contribution in [0.15, 0.2) is 82.1 Å². The van der Waals surface area contributed by atoms with Crippen molar-refractivity contribution < 1.29 is 4.74 Å². The van der Waals surface area contributed by atoms with Gasteiger partial charge in [-0.15, -0.1) is 0 Å². The van der Waals surface area contributed by atoms with Crippen molar-refractivity contribution in [1.82, 2.24) is 9.66 Å². The van der Waals surface area contributed by atoms with E-state index in [4.69, 9.17) is 10.6 Å². The van der Waals surface area contributed by atoms with E-state index in [2.05, 4.69) is 20.9 Å². The summed E-state index contributed by atoms with van der Waals surface area (Å²) in [5, 5.41) is 0.491. The summed E-state index contributed by atoms with van der Waals surface area (Å²) in [6.07, 6.45) is 0. The van der Waals surface area contributed by atoms with Crippen LogP contribution in [0.4, 0.5) is 0 Å². The van der Waals surface area contributed by atoms with Crippen LogP contribution in [0.25, 0.3) is 22.3 Å². The quantitative estimate of drug-likeness (QED) is 0.503. The van der Waals surface area contributed by atoms with Gasteiger partial charge >= 0.3 is 0 Å². The molecule has 134 valence electrons. The van der Waals surface area contributed by atoms with Crippen LogP contribution in [0.3, 0.4) is 0 Å². The second kappa shape index (κ2) is 7.25. The number of nitrogen functional groups attached to an aromatic ring is 1. The third-order valence-corrected chi connectivity index (χ3v) is 4.69. The largest absolute Gasteiger partial charge is 0.489 e. The van der Waals surface area contributed by atoms with Crippen molar-refractivity contribution in [2.24, 2.45) is 0 Å². The number of para-hydroxylation sites is 1. The summed E-state index contributed by atoms with van der Waals surface area (Å²) in [5.41, 5.74) is 2.09. The molecule has 0 amide bonds. The van der Waals surface area contributed by atoms with Gasteiger partial charge in [-0.2, -0.15) is 0 Å². The highest BCUT2D eigenvalue weighted by atomic mass is 79.9. The van der Waals surface area contributed by atoms with Gasteiger partial charge in [0.15, 0.2) is 5.82 Å². The zero-order valence-electron chi connectivity index (χ0n) is 14.3. The number of hydrogen-bond acceptors (Lipinski definition) is 4. The molecule has 4 rings (SSSR count). The van der Waals surface area contributed by atoms with E-state index in [1.807, 2.05) is 54.6 Å². The number of fused-ring (bicyclic) bond motifs is 1. The second-order valence-electron chi connectivity index (χ2n) is 6.07. The minimum Gasteiger partial charge on any atom is -0.489 e. The Hall–Kier alpha value is -3.12. The molecule has 0 spiro atoms. The molecule has 0 bridgehead atoms. The highest BCUT2D eigenvalue weighted by Gasteiger charge is 2.11. The van der Waals surface area contributed by atoms with Crippen LogP contribution in [-0.2, 0) is 6.61 Å². The molecule has 0 saturated heterocycles. The van der Waals surface area contributed by atoms with E-state index in [1.165, 1.54) is 0 Å². The Morgan fingerprint density at radius 1 is 1.00 bits per heavy atom. The van der Waals surface area contributed by atoms with Crippen LogP contribution in [0.2, 0.25) is 0 Å². The van der Waals surface area contributed by atoms with Crippen molar-refractivity contribution >= 4 is 26.8 Å². The molecule has 0 saturated carbocycles. The van der Waals surface area contributed by atoms with Gasteiger partial charge < -0.3 is 10.6 Å². The lowest BCUT2D eigenvalue weighted by molar-refractivity contribution is 0.306. The first-order chi connectivity index (χ1) is 13.1. The number of rotatable bonds is 4. The molecular formula is C21H16BrN3O2. The molecule has 0 aliphatic heterocycles. The van der Waals surface area contributed by atoms with E-state index in [0.717, 1.165) is 14.7 Å². The van der Waals surface area contributed by atoms with Crippen LogP contribution in [0, 0.1) is 0 Å². The van der Waals surface area contributed by atoms with Gasteiger partial charge in [0.05, 0.1) is 10.9 Å². The molecule has 1 heterocycles. The normalized spacial score (nSPS) is 10.9. The monoisotopic (exact) mass is 421 g/mol. The number of halogens is 1. The van der Waals surface area contributed by atoms with E-state index in [9.17, 15) is 4.79 Å². The Kier molecular flexibility index (Phi) is 4.64. The summed E-state index contributed by atoms with van der Waals surface area (Å²) in [6, 6.07) is 22.5. The number of benzene rings is 3. The highest BCUT2D eigenvalue weighted by Crippen LogP contribution is 2.23. The van der Waals surface area contributed by atoms with Crippen LogP contribution in [0.1, 0.15) is 5.56 Å². The summed E-state index contributed by atoms with van der Waals surface area (Å²) >= 11 is 3.45. The molecule has 0 aliphatic carbocycles. The lowest BCUT2D eigenvalue weighted by atomic mass is 10.1. The molecule has 1 aromatic heterocycles. The van der Waals surface area contributed by atoms with Crippen LogP contribution in [0.5, 0.6) is 5.75 Å². The highest BCUT2D eigenvalue weighted by molar-refractivity contribution is 9.10. The van der Waals surface area contributed by atoms with Gasteiger partial charge in [-0.05, 0) is 42.0 Å². The fourth-order valence-electron chi connectivity index (χ4n) is 2.87. The second-order valence-corrected chi connectivity index (χ2v) is 6.99. The molecule has 0 fully saturated rings. The summed E-state index contributed by atoms with van der Waals surface area (Å²) in [4.78, 5) is 17.1. The van der Waals surface area contributed by atoms with Gasteiger partial charge in [-0.25, -0.2) is 9.66 Å². The van der Waals surface area contributed by atoms with E-state index in [-0.39, 0.29) is 5.56 Å². The van der Waals surface area contributed by atoms with Crippen molar-refractivity contribution in [1.29, 1.82) is 0 Å². The number of nitrogens with zero attached hydrogens (tertiary/aromatic N) is 2. The maximum Gasteiger partial charge on any atom is 0.280 e. The van der Waals surface area contributed by atoms with Crippen LogP contribution < -0.4 is 16.1 Å². The standard InChI is InChI=1S/C21H16BrN3O2/c22-16-7-3-5-14(11-16)13-27-17-8-4-6-15(12-17)20-24-19-10-2-1-9-18(19)21(26)25(20)23/h1-12H,13,23H2. The minimum atomic E-state index is -0.281. The van der Waals surface area contributed by atoms with E-state index in [1.54, 1.807) is 18.2 Å². The first-order valence-electron chi connectivity index (χ1n) is 8.36. The smallest absolute Gasteiger partial charge is 0.280 e. The molecular weight excluding hydrogens is 406 g/mol. The zero-order chi connectivity index (χ0) is 18.8. The molecule has 4 aromatic rings. The Balaban J connectivity index is 1.67. The van der Waals surface area contributed by atoms with E-state index in [0.29, 0.717) is 34.6 Å². The zero-order valence-corrected chi connectivity index (χ0v) is 15.9. The molecule has 3 aromatic carbocycles. The first kappa shape index (κ1) is 17.3. The molecule has 27 heavy (non-hydrogen) atoms. The maximum atomic E-state index is 12.5. The fourth-order valence-corrected chi connectivity index (χ4v) is 3.31. The van der Waals surface area contributed by atoms with Gasteiger partial charge in [-0.3, -0.25) is 4.79 Å². The van der Waals surface area contributed by atoms with E-state index < -0.39 is 0 Å². The van der Waals surface area contributed by atoms with Gasteiger partial charge in [-0.1, -0.05) is 52.3 Å². The van der Waals surface area contributed by atoms with Crippen molar-refractivity contribution in [2.45, 2.75) is 6.61 Å². The van der Waals surface area contributed by atoms with Gasteiger partial charge in [0.25, 0.3) is 5.56 Å². The molecule has 0 unspecified atom stereocenters. The average Bonchev–Trinajstić information content (AvgIpc) is 2.69. The molecule has 0 radical (unpaired) electrons. The van der Waals surface area contributed by atoms with Crippen LogP contribution >= 0.6 is 15.9 Å². The van der Waals surface area contributed by atoms with Crippen molar-refractivity contribution in [3.05, 3.63) is 93.2 Å². The molecule has 0 atom stereocenters. The number of nitrogens with two attached hydrogens (primary N) is 1. The van der Waals surface area contributed by atoms with Gasteiger partial charge in [0.2, 0.25) is 0 Å². The molecule has 0 aliphatic rings. The summed E-state index contributed by atoms with van der Waals surface area (Å²) in [5.74, 6) is 7.08. The predicted octanol–water partition coefficient (Wildman–Crippen LogP) is 4.12. The summed E-state index contributed by atoms with van der Waals surface area (Å²) in [6.45, 7) is 0.434. The molecule has 6 heteroatoms. The van der Waals surface area contributed by atoms with Crippen molar-refractivity contribution in [2.75, 3.05) is 5.84 Å². The minimum absolute atomic E-state index is 0.281. The first-order valence-corrected chi connectivity index (χ1v) is 9.16. The topological polar surface area (TPSA) is 70.1 Å². The molecule has 5 nitrogen and oxygen atoms in total. The lowest BCUT2D eigenvalue weighted by Crippen LogP contribution is -2.29. The Morgan fingerprint density at radius 3 is 2.67 bits per heavy atom. The summed E-state index contributed by atoms with van der Waals surface area (Å²) in [7, 11) is 0. The number of aromatic nitrogens is 2. The Labute approximate surface area is 164 Å². The van der Waals surface area contributed by atoms with Crippen molar-refractivity contribution in [3.63, 3.8) is 0 Å². The lowest BCUT2D eigenvalue weighted by Gasteiger charge is -2.11. The Morgan fingerprint density at radius 2 is 1.81 bits per heavy atom.